The summed E-state index contributed by atoms with van der Waals surface area (Å²) in [6.45, 7) is 2.14. The number of halogens is 1. The van der Waals surface area contributed by atoms with Crippen LogP contribution >= 0.6 is 0 Å². The molecule has 3 rings (SSSR count). The predicted octanol–water partition coefficient (Wildman–Crippen LogP) is 1.92. The van der Waals surface area contributed by atoms with Crippen LogP contribution in [0, 0.1) is 5.82 Å². The molecule has 1 aliphatic heterocycles. The lowest BCUT2D eigenvalue weighted by Crippen LogP contribution is -2.37. The van der Waals surface area contributed by atoms with Crippen molar-refractivity contribution < 1.29 is 13.9 Å². The van der Waals surface area contributed by atoms with Gasteiger partial charge in [0.15, 0.2) is 5.58 Å². The Labute approximate surface area is 104 Å². The number of aliphatic hydroxyl groups excluding tert-OH is 1. The fourth-order valence-electron chi connectivity index (χ4n) is 2.38. The van der Waals surface area contributed by atoms with Crippen molar-refractivity contribution in [2.24, 2.45) is 0 Å². The minimum absolute atomic E-state index is 0.263. The maximum absolute atomic E-state index is 13.0. The van der Waals surface area contributed by atoms with Crippen LogP contribution < -0.4 is 0 Å². The summed E-state index contributed by atoms with van der Waals surface area (Å²) < 4.78 is 18.6. The van der Waals surface area contributed by atoms with Gasteiger partial charge in [-0.15, -0.1) is 0 Å². The van der Waals surface area contributed by atoms with Gasteiger partial charge >= 0.3 is 0 Å². The molecule has 0 radical (unpaired) electrons. The summed E-state index contributed by atoms with van der Waals surface area (Å²) in [4.78, 5) is 6.37. The summed E-state index contributed by atoms with van der Waals surface area (Å²) in [5, 5.41) is 9.59. The van der Waals surface area contributed by atoms with Gasteiger partial charge in [-0.05, 0) is 31.5 Å². The topological polar surface area (TPSA) is 49.5 Å². The molecule has 1 N–H and O–H groups in total. The number of aliphatic hydroxyl groups is 1. The molecule has 2 aromatic rings. The second-order valence-electron chi connectivity index (χ2n) is 4.75. The number of benzene rings is 1. The van der Waals surface area contributed by atoms with Gasteiger partial charge < -0.3 is 9.52 Å². The smallest absolute Gasteiger partial charge is 0.209 e. The van der Waals surface area contributed by atoms with E-state index in [-0.39, 0.29) is 11.9 Å². The Morgan fingerprint density at radius 2 is 2.39 bits per heavy atom. The number of nitrogens with zero attached hydrogens (tertiary/aromatic N) is 2. The summed E-state index contributed by atoms with van der Waals surface area (Å²) in [5.41, 5.74) is 1.14. The Balaban J connectivity index is 1.78. The first-order chi connectivity index (χ1) is 8.70. The number of oxazole rings is 1. The van der Waals surface area contributed by atoms with Gasteiger partial charge in [-0.1, -0.05) is 0 Å². The highest BCUT2D eigenvalue weighted by atomic mass is 19.1. The molecular weight excluding hydrogens is 235 g/mol. The summed E-state index contributed by atoms with van der Waals surface area (Å²) in [5.74, 6) is 0.264. The standard InChI is InChI=1S/C13H15FN2O2/c14-9-3-4-12-11(6-9)15-13(18-12)8-16-5-1-2-10(17)7-16/h3-4,6,10,17H,1-2,5,7-8H2. The van der Waals surface area contributed by atoms with Crippen LogP contribution in [-0.2, 0) is 6.54 Å². The molecule has 0 aliphatic carbocycles. The highest BCUT2D eigenvalue weighted by Gasteiger charge is 2.19. The number of hydrogen-bond acceptors (Lipinski definition) is 4. The van der Waals surface area contributed by atoms with Gasteiger partial charge in [0, 0.05) is 12.6 Å². The number of piperidine rings is 1. The highest BCUT2D eigenvalue weighted by Crippen LogP contribution is 2.19. The Hall–Kier alpha value is -1.46. The Morgan fingerprint density at radius 3 is 3.22 bits per heavy atom. The molecule has 0 bridgehead atoms. The van der Waals surface area contributed by atoms with Crippen molar-refractivity contribution in [2.45, 2.75) is 25.5 Å². The lowest BCUT2D eigenvalue weighted by atomic mass is 10.1. The number of fused-ring (bicyclic) bond motifs is 1. The van der Waals surface area contributed by atoms with E-state index in [9.17, 15) is 9.50 Å². The molecule has 1 atom stereocenters. The van der Waals surface area contributed by atoms with Crippen LogP contribution in [0.5, 0.6) is 0 Å². The molecule has 4 nitrogen and oxygen atoms in total. The first-order valence-corrected chi connectivity index (χ1v) is 6.16. The van der Waals surface area contributed by atoms with Gasteiger partial charge in [0.25, 0.3) is 0 Å². The number of aromatic nitrogens is 1. The fourth-order valence-corrected chi connectivity index (χ4v) is 2.38. The average Bonchev–Trinajstić information content (AvgIpc) is 2.70. The maximum atomic E-state index is 13.0. The van der Waals surface area contributed by atoms with Gasteiger partial charge in [-0.25, -0.2) is 9.37 Å². The zero-order valence-corrected chi connectivity index (χ0v) is 9.97. The molecule has 0 amide bonds. The third-order valence-electron chi connectivity index (χ3n) is 3.23. The molecule has 2 heterocycles. The highest BCUT2D eigenvalue weighted by molar-refractivity contribution is 5.72. The van der Waals surface area contributed by atoms with Crippen molar-refractivity contribution >= 4 is 11.1 Å². The summed E-state index contributed by atoms with van der Waals surface area (Å²) in [7, 11) is 0. The second kappa shape index (κ2) is 4.66. The van der Waals surface area contributed by atoms with Crippen molar-refractivity contribution in [2.75, 3.05) is 13.1 Å². The van der Waals surface area contributed by atoms with E-state index in [0.717, 1.165) is 19.4 Å². The van der Waals surface area contributed by atoms with E-state index in [2.05, 4.69) is 9.88 Å². The number of hydrogen-bond donors (Lipinski definition) is 1. The first-order valence-electron chi connectivity index (χ1n) is 6.16. The maximum Gasteiger partial charge on any atom is 0.209 e. The van der Waals surface area contributed by atoms with E-state index in [1.165, 1.54) is 12.1 Å². The molecule has 0 saturated carbocycles. The van der Waals surface area contributed by atoms with E-state index in [1.807, 2.05) is 0 Å². The number of likely N-dealkylation sites (tertiary alicyclic amines) is 1. The van der Waals surface area contributed by atoms with E-state index in [0.29, 0.717) is 30.1 Å². The van der Waals surface area contributed by atoms with E-state index < -0.39 is 0 Å². The van der Waals surface area contributed by atoms with Crippen LogP contribution in [0.4, 0.5) is 4.39 Å². The summed E-state index contributed by atoms with van der Waals surface area (Å²) in [6.07, 6.45) is 1.58. The van der Waals surface area contributed by atoms with Crippen LogP contribution in [0.15, 0.2) is 22.6 Å². The normalized spacial score (nSPS) is 21.6. The molecule has 0 spiro atoms. The van der Waals surface area contributed by atoms with E-state index in [4.69, 9.17) is 4.42 Å². The van der Waals surface area contributed by atoms with Crippen molar-refractivity contribution in [3.8, 4) is 0 Å². The molecule has 5 heteroatoms. The van der Waals surface area contributed by atoms with Crippen molar-refractivity contribution in [3.63, 3.8) is 0 Å². The molecule has 96 valence electrons. The van der Waals surface area contributed by atoms with Crippen LogP contribution in [0.25, 0.3) is 11.1 Å². The summed E-state index contributed by atoms with van der Waals surface area (Å²) >= 11 is 0. The van der Waals surface area contributed by atoms with Crippen molar-refractivity contribution in [1.29, 1.82) is 0 Å². The van der Waals surface area contributed by atoms with E-state index >= 15 is 0 Å². The van der Waals surface area contributed by atoms with Gasteiger partial charge in [0.2, 0.25) is 5.89 Å². The van der Waals surface area contributed by atoms with Gasteiger partial charge in [-0.2, -0.15) is 0 Å². The fraction of sp³-hybridized carbons (Fsp3) is 0.462. The van der Waals surface area contributed by atoms with Crippen LogP contribution in [-0.4, -0.2) is 34.2 Å². The van der Waals surface area contributed by atoms with Crippen molar-refractivity contribution in [1.82, 2.24) is 9.88 Å². The van der Waals surface area contributed by atoms with E-state index in [1.54, 1.807) is 6.07 Å². The van der Waals surface area contributed by atoms with Gasteiger partial charge in [0.05, 0.1) is 12.6 Å². The zero-order chi connectivity index (χ0) is 12.5. The van der Waals surface area contributed by atoms with Gasteiger partial charge in [-0.3, -0.25) is 4.90 Å². The van der Waals surface area contributed by atoms with Crippen LogP contribution in [0.1, 0.15) is 18.7 Å². The molecule has 18 heavy (non-hydrogen) atoms. The molecule has 1 fully saturated rings. The molecule has 1 saturated heterocycles. The Kier molecular flexibility index (Phi) is 3.01. The average molecular weight is 250 g/mol. The predicted molar refractivity (Wildman–Crippen MR) is 64.5 cm³/mol. The second-order valence-corrected chi connectivity index (χ2v) is 4.75. The molecule has 1 aromatic heterocycles. The van der Waals surface area contributed by atoms with Crippen molar-refractivity contribution in [3.05, 3.63) is 29.9 Å². The monoisotopic (exact) mass is 250 g/mol. The Morgan fingerprint density at radius 1 is 1.50 bits per heavy atom. The SMILES string of the molecule is OC1CCCN(Cc2nc3cc(F)ccc3o2)C1. The lowest BCUT2D eigenvalue weighted by Gasteiger charge is -2.28. The lowest BCUT2D eigenvalue weighted by molar-refractivity contribution is 0.0627. The first kappa shape index (κ1) is 11.6. The van der Waals surface area contributed by atoms with Crippen LogP contribution in [0.3, 0.4) is 0 Å². The zero-order valence-electron chi connectivity index (χ0n) is 9.97. The summed E-state index contributed by atoms with van der Waals surface area (Å²) in [6, 6.07) is 4.32. The number of rotatable bonds is 2. The largest absolute Gasteiger partial charge is 0.439 e. The molecule has 1 unspecified atom stereocenters. The molecule has 1 aliphatic rings. The molecule has 1 aromatic carbocycles. The Bertz CT molecular complexity index is 555. The third-order valence-corrected chi connectivity index (χ3v) is 3.23. The third kappa shape index (κ3) is 2.37. The minimum atomic E-state index is -0.309. The quantitative estimate of drug-likeness (QED) is 0.884. The molecular formula is C13H15FN2O2. The minimum Gasteiger partial charge on any atom is -0.439 e. The van der Waals surface area contributed by atoms with Crippen LogP contribution in [0.2, 0.25) is 0 Å². The van der Waals surface area contributed by atoms with Gasteiger partial charge in [0.1, 0.15) is 11.3 Å². The number of β-amino-alcohol motifs (C(OH)–C–C–N with tert-alkyl or cyclic N) is 1.